The second kappa shape index (κ2) is 13.3. The topological polar surface area (TPSA) is 94.7 Å². The zero-order valence-corrected chi connectivity index (χ0v) is 24.4. The van der Waals surface area contributed by atoms with Crippen LogP contribution in [0.15, 0.2) is 0 Å². The number of hydrogen-bond donors (Lipinski definition) is 1. The Balaban J connectivity index is 1.96. The minimum atomic E-state index is -0.557. The maximum absolute atomic E-state index is 13.1. The van der Waals surface area contributed by atoms with Gasteiger partial charge < -0.3 is 29.5 Å². The van der Waals surface area contributed by atoms with Crippen LogP contribution in [0.2, 0.25) is 0 Å². The van der Waals surface area contributed by atoms with Gasteiger partial charge in [0.05, 0.1) is 6.54 Å². The number of esters is 1. The van der Waals surface area contributed by atoms with Gasteiger partial charge in [0.2, 0.25) is 0 Å². The predicted octanol–water partition coefficient (Wildman–Crippen LogP) is 2.26. The summed E-state index contributed by atoms with van der Waals surface area (Å²) in [6.45, 7) is 17.9. The smallest absolute Gasteiger partial charge is 0.410 e. The number of urea groups is 1. The normalized spacial score (nSPS) is 17.3. The molecule has 202 valence electrons. The number of likely N-dealkylation sites (tertiary alicyclic amines) is 1. The lowest BCUT2D eigenvalue weighted by Crippen LogP contribution is -2.56. The van der Waals surface area contributed by atoms with Crippen LogP contribution >= 0.6 is 22.6 Å². The number of carbonyl (C=O) groups excluding carboxylic acids is 3. The zero-order valence-electron chi connectivity index (χ0n) is 22.3. The second-order valence-electron chi connectivity index (χ2n) is 11.3. The number of amides is 3. The van der Waals surface area contributed by atoms with Crippen LogP contribution in [-0.2, 0) is 14.3 Å². The summed E-state index contributed by atoms with van der Waals surface area (Å²) in [6.07, 6.45) is -0.303. The van der Waals surface area contributed by atoms with E-state index in [-0.39, 0.29) is 30.6 Å². The molecule has 0 unspecified atom stereocenters. The molecular formula is C24H44IN5O5. The molecule has 0 radical (unpaired) electrons. The van der Waals surface area contributed by atoms with Crippen LogP contribution in [0.25, 0.3) is 0 Å². The first-order valence-electron chi connectivity index (χ1n) is 12.5. The average Bonchev–Trinajstić information content (AvgIpc) is 2.70. The highest BCUT2D eigenvalue weighted by Crippen LogP contribution is 2.21. The van der Waals surface area contributed by atoms with Gasteiger partial charge in [-0.1, -0.05) is 22.6 Å². The standard InChI is InChI=1S/C24H44IN5O5/c1-23(2,3)34-20(31)18-27(15-19-16-30(17-19)22(33)35-24(4,5)6)13-14-28(10-7-25)21(32)29-11-8-26-9-12-29/h19,26H,7-18H2,1-6H3. The van der Waals surface area contributed by atoms with E-state index in [2.05, 4.69) is 32.8 Å². The molecule has 2 heterocycles. The van der Waals surface area contributed by atoms with Gasteiger partial charge in [0, 0.05) is 75.8 Å². The van der Waals surface area contributed by atoms with Crippen molar-refractivity contribution in [3.63, 3.8) is 0 Å². The van der Waals surface area contributed by atoms with Crippen LogP contribution in [0.1, 0.15) is 41.5 Å². The first-order chi connectivity index (χ1) is 16.3. The minimum absolute atomic E-state index is 0.0557. The Morgan fingerprint density at radius 3 is 2.06 bits per heavy atom. The third-order valence-corrected chi connectivity index (χ3v) is 6.08. The molecule has 0 aromatic rings. The number of halogens is 1. The summed E-state index contributed by atoms with van der Waals surface area (Å²) in [4.78, 5) is 45.5. The van der Waals surface area contributed by atoms with Gasteiger partial charge in [0.25, 0.3) is 0 Å². The zero-order chi connectivity index (χ0) is 26.2. The molecular weight excluding hydrogens is 565 g/mol. The molecule has 0 aromatic heterocycles. The fourth-order valence-corrected chi connectivity index (χ4v) is 4.62. The molecule has 3 amide bonds. The molecule has 10 nitrogen and oxygen atoms in total. The molecule has 2 rings (SSSR count). The van der Waals surface area contributed by atoms with Gasteiger partial charge in [-0.2, -0.15) is 0 Å². The lowest BCUT2D eigenvalue weighted by Gasteiger charge is -2.42. The molecule has 0 spiro atoms. The number of nitrogens with zero attached hydrogens (tertiary/aromatic N) is 4. The predicted molar refractivity (Wildman–Crippen MR) is 144 cm³/mol. The Labute approximate surface area is 224 Å². The summed E-state index contributed by atoms with van der Waals surface area (Å²) < 4.78 is 11.8. The highest BCUT2D eigenvalue weighted by Gasteiger charge is 2.35. The molecule has 0 atom stereocenters. The summed E-state index contributed by atoms with van der Waals surface area (Å²) in [5.74, 6) is -0.0402. The van der Waals surface area contributed by atoms with Crippen molar-refractivity contribution in [1.82, 2.24) is 24.9 Å². The van der Waals surface area contributed by atoms with Crippen LogP contribution in [0, 0.1) is 5.92 Å². The fraction of sp³-hybridized carbons (Fsp3) is 0.875. The Hall–Kier alpha value is -1.34. The SMILES string of the molecule is CC(C)(C)OC(=O)CN(CCN(CCI)C(=O)N1CCNCC1)CC1CN(C(=O)OC(C)(C)C)C1. The molecule has 2 fully saturated rings. The van der Waals surface area contributed by atoms with Crippen LogP contribution in [0.4, 0.5) is 9.59 Å². The summed E-state index contributed by atoms with van der Waals surface area (Å²) in [7, 11) is 0. The van der Waals surface area contributed by atoms with E-state index in [9.17, 15) is 14.4 Å². The summed E-state index contributed by atoms with van der Waals surface area (Å²) >= 11 is 2.29. The third-order valence-electron chi connectivity index (χ3n) is 5.60. The van der Waals surface area contributed by atoms with Crippen LogP contribution < -0.4 is 5.32 Å². The quantitative estimate of drug-likeness (QED) is 0.244. The Morgan fingerprint density at radius 1 is 0.914 bits per heavy atom. The minimum Gasteiger partial charge on any atom is -0.459 e. The van der Waals surface area contributed by atoms with Gasteiger partial charge in [-0.05, 0) is 41.5 Å². The molecule has 35 heavy (non-hydrogen) atoms. The first kappa shape index (κ1) is 29.9. The van der Waals surface area contributed by atoms with E-state index in [0.717, 1.165) is 17.5 Å². The van der Waals surface area contributed by atoms with E-state index in [4.69, 9.17) is 9.47 Å². The molecule has 2 aliphatic heterocycles. The van der Waals surface area contributed by atoms with Crippen molar-refractivity contribution in [2.24, 2.45) is 5.92 Å². The largest absolute Gasteiger partial charge is 0.459 e. The van der Waals surface area contributed by atoms with Crippen molar-refractivity contribution in [1.29, 1.82) is 0 Å². The highest BCUT2D eigenvalue weighted by molar-refractivity contribution is 14.1. The van der Waals surface area contributed by atoms with Gasteiger partial charge in [-0.3, -0.25) is 9.69 Å². The van der Waals surface area contributed by atoms with Crippen molar-refractivity contribution < 1.29 is 23.9 Å². The van der Waals surface area contributed by atoms with Gasteiger partial charge >= 0.3 is 18.1 Å². The van der Waals surface area contributed by atoms with E-state index in [1.54, 1.807) is 4.90 Å². The van der Waals surface area contributed by atoms with Gasteiger partial charge in [-0.25, -0.2) is 9.59 Å². The molecule has 0 bridgehead atoms. The van der Waals surface area contributed by atoms with Crippen molar-refractivity contribution in [2.75, 3.05) is 76.4 Å². The van der Waals surface area contributed by atoms with Crippen molar-refractivity contribution in [3.8, 4) is 0 Å². The summed E-state index contributed by atoms with van der Waals surface area (Å²) in [6, 6.07) is 0.0557. The maximum atomic E-state index is 13.1. The van der Waals surface area contributed by atoms with Crippen molar-refractivity contribution >= 4 is 40.7 Å². The Bertz CT molecular complexity index is 712. The molecule has 1 N–H and O–H groups in total. The lowest BCUT2D eigenvalue weighted by molar-refractivity contribution is -0.156. The second-order valence-corrected chi connectivity index (χ2v) is 12.3. The highest BCUT2D eigenvalue weighted by atomic mass is 127. The molecule has 2 aliphatic rings. The van der Waals surface area contributed by atoms with E-state index >= 15 is 0 Å². The molecule has 0 aliphatic carbocycles. The number of alkyl halides is 1. The maximum Gasteiger partial charge on any atom is 0.410 e. The summed E-state index contributed by atoms with van der Waals surface area (Å²) in [5.41, 5.74) is -1.08. The van der Waals surface area contributed by atoms with Crippen molar-refractivity contribution in [3.05, 3.63) is 0 Å². The first-order valence-corrected chi connectivity index (χ1v) is 14.0. The van der Waals surface area contributed by atoms with E-state index < -0.39 is 11.2 Å². The molecule has 0 saturated carbocycles. The molecule has 0 aromatic carbocycles. The number of nitrogens with one attached hydrogen (secondary N) is 1. The van der Waals surface area contributed by atoms with Gasteiger partial charge in [0.15, 0.2) is 0 Å². The lowest BCUT2D eigenvalue weighted by atomic mass is 10.00. The van der Waals surface area contributed by atoms with Crippen LogP contribution in [0.3, 0.4) is 0 Å². The van der Waals surface area contributed by atoms with E-state index in [1.165, 1.54) is 0 Å². The summed E-state index contributed by atoms with van der Waals surface area (Å²) in [5, 5.41) is 3.28. The van der Waals surface area contributed by atoms with Crippen molar-refractivity contribution in [2.45, 2.75) is 52.7 Å². The third kappa shape index (κ3) is 11.1. The number of piperazine rings is 1. The monoisotopic (exact) mass is 609 g/mol. The van der Waals surface area contributed by atoms with Gasteiger partial charge in [0.1, 0.15) is 11.2 Å². The number of carbonyl (C=O) groups is 3. The average molecular weight is 610 g/mol. The Kier molecular flexibility index (Phi) is 11.3. The van der Waals surface area contributed by atoms with Gasteiger partial charge in [-0.15, -0.1) is 0 Å². The molecule has 11 heteroatoms. The number of rotatable bonds is 9. The van der Waals surface area contributed by atoms with Crippen LogP contribution in [-0.4, -0.2) is 125 Å². The molecule has 2 saturated heterocycles. The fourth-order valence-electron chi connectivity index (χ4n) is 4.04. The Morgan fingerprint density at radius 2 is 1.51 bits per heavy atom. The van der Waals surface area contributed by atoms with E-state index in [0.29, 0.717) is 52.4 Å². The number of ether oxygens (including phenoxy) is 2. The van der Waals surface area contributed by atoms with E-state index in [1.807, 2.05) is 51.3 Å². The van der Waals surface area contributed by atoms with Crippen LogP contribution in [0.5, 0.6) is 0 Å². The number of hydrogen-bond acceptors (Lipinski definition) is 7.